The lowest BCUT2D eigenvalue weighted by molar-refractivity contribution is 0.272. The summed E-state index contributed by atoms with van der Waals surface area (Å²) in [7, 11) is 3.84. The van der Waals surface area contributed by atoms with Gasteiger partial charge in [-0.25, -0.2) is 4.98 Å². The lowest BCUT2D eigenvalue weighted by atomic mass is 10.2. The molecule has 0 spiro atoms. The second kappa shape index (κ2) is 5.85. The molecule has 0 N–H and O–H groups in total. The Bertz CT molecular complexity index is 631. The van der Waals surface area contributed by atoms with Gasteiger partial charge in [-0.2, -0.15) is 0 Å². The van der Waals surface area contributed by atoms with Gasteiger partial charge in [0.15, 0.2) is 0 Å². The molecule has 2 aromatic rings. The van der Waals surface area contributed by atoms with Gasteiger partial charge in [-0.3, -0.25) is 4.98 Å². The molecule has 0 saturated carbocycles. The Hall–Kier alpha value is -1.88. The van der Waals surface area contributed by atoms with E-state index in [0.29, 0.717) is 11.9 Å². The van der Waals surface area contributed by atoms with Gasteiger partial charge in [-0.15, -0.1) is 0 Å². The van der Waals surface area contributed by atoms with E-state index in [4.69, 9.17) is 4.74 Å². The Balaban J connectivity index is 1.93. The van der Waals surface area contributed by atoms with E-state index in [2.05, 4.69) is 39.8 Å². The summed E-state index contributed by atoms with van der Waals surface area (Å²) in [5.74, 6) is 0.637. The number of hydrogen-bond acceptors (Lipinski definition) is 5. The van der Waals surface area contributed by atoms with Crippen LogP contribution in [0.5, 0.6) is 5.88 Å². The second-order valence-corrected chi connectivity index (χ2v) is 5.51. The van der Waals surface area contributed by atoms with Gasteiger partial charge in [-0.1, -0.05) is 6.92 Å². The molecule has 1 fully saturated rings. The van der Waals surface area contributed by atoms with Crippen LogP contribution in [0.25, 0.3) is 11.0 Å². The minimum atomic E-state index is 0.615. The molecule has 0 bridgehead atoms. The van der Waals surface area contributed by atoms with E-state index in [0.717, 1.165) is 36.4 Å². The van der Waals surface area contributed by atoms with Crippen LogP contribution in [0.3, 0.4) is 0 Å². The number of methoxy groups -OCH3 is 1. The molecular weight excluding hydrogens is 264 g/mol. The SMILES string of the molecule is CCN(C)C1CCN(c2ccnc3ccc(OC)nc23)C1. The number of nitrogens with zero attached hydrogens (tertiary/aromatic N) is 4. The monoisotopic (exact) mass is 286 g/mol. The van der Waals surface area contributed by atoms with Crippen molar-refractivity contribution < 1.29 is 4.74 Å². The summed E-state index contributed by atoms with van der Waals surface area (Å²) in [5, 5.41) is 0. The maximum atomic E-state index is 5.25. The summed E-state index contributed by atoms with van der Waals surface area (Å²) in [4.78, 5) is 13.8. The Morgan fingerprint density at radius 3 is 3.00 bits per heavy atom. The molecule has 0 aliphatic carbocycles. The van der Waals surface area contributed by atoms with Crippen LogP contribution in [0.15, 0.2) is 24.4 Å². The highest BCUT2D eigenvalue weighted by atomic mass is 16.5. The van der Waals surface area contributed by atoms with Crippen molar-refractivity contribution in [1.29, 1.82) is 0 Å². The zero-order chi connectivity index (χ0) is 14.8. The van der Waals surface area contributed by atoms with Crippen molar-refractivity contribution in [3.8, 4) is 5.88 Å². The lowest BCUT2D eigenvalue weighted by Gasteiger charge is -2.24. The van der Waals surface area contributed by atoms with Gasteiger partial charge in [0.2, 0.25) is 5.88 Å². The molecule has 5 nitrogen and oxygen atoms in total. The number of hydrogen-bond donors (Lipinski definition) is 0. The average molecular weight is 286 g/mol. The van der Waals surface area contributed by atoms with E-state index < -0.39 is 0 Å². The summed E-state index contributed by atoms with van der Waals surface area (Å²) in [6.45, 7) is 5.40. The number of rotatable bonds is 4. The minimum Gasteiger partial charge on any atom is -0.481 e. The highest BCUT2D eigenvalue weighted by molar-refractivity contribution is 5.88. The third kappa shape index (κ3) is 2.65. The minimum absolute atomic E-state index is 0.615. The van der Waals surface area contributed by atoms with Gasteiger partial charge in [0.25, 0.3) is 0 Å². The van der Waals surface area contributed by atoms with Crippen LogP contribution in [-0.4, -0.2) is 54.7 Å². The standard InChI is InChI=1S/C16H22N4O/c1-4-19(2)12-8-10-20(11-12)14-7-9-17-13-5-6-15(21-3)18-16(13)14/h5-7,9,12H,4,8,10-11H2,1-3H3. The van der Waals surface area contributed by atoms with Crippen LogP contribution in [0.4, 0.5) is 5.69 Å². The number of pyridine rings is 2. The zero-order valence-corrected chi connectivity index (χ0v) is 12.9. The Kier molecular flexibility index (Phi) is 3.92. The summed E-state index contributed by atoms with van der Waals surface area (Å²) in [6, 6.07) is 6.50. The van der Waals surface area contributed by atoms with Crippen molar-refractivity contribution in [1.82, 2.24) is 14.9 Å². The molecular formula is C16H22N4O. The van der Waals surface area contributed by atoms with Crippen LogP contribution in [0.1, 0.15) is 13.3 Å². The molecule has 2 aromatic heterocycles. The molecule has 1 saturated heterocycles. The predicted octanol–water partition coefficient (Wildman–Crippen LogP) is 2.17. The predicted molar refractivity (Wildman–Crippen MR) is 85.0 cm³/mol. The Morgan fingerprint density at radius 1 is 1.38 bits per heavy atom. The van der Waals surface area contributed by atoms with Crippen molar-refractivity contribution in [3.63, 3.8) is 0 Å². The lowest BCUT2D eigenvalue weighted by Crippen LogP contribution is -2.34. The smallest absolute Gasteiger partial charge is 0.213 e. The van der Waals surface area contributed by atoms with Crippen LogP contribution < -0.4 is 9.64 Å². The first-order chi connectivity index (χ1) is 10.2. The third-order valence-electron chi connectivity index (χ3n) is 4.37. The molecule has 5 heteroatoms. The molecule has 0 amide bonds. The van der Waals surface area contributed by atoms with Crippen LogP contribution in [0, 0.1) is 0 Å². The second-order valence-electron chi connectivity index (χ2n) is 5.51. The fraction of sp³-hybridized carbons (Fsp3) is 0.500. The Labute approximate surface area is 125 Å². The summed E-state index contributed by atoms with van der Waals surface area (Å²) >= 11 is 0. The first kappa shape index (κ1) is 14.1. The van der Waals surface area contributed by atoms with Crippen molar-refractivity contribution in [2.45, 2.75) is 19.4 Å². The van der Waals surface area contributed by atoms with E-state index in [-0.39, 0.29) is 0 Å². The molecule has 21 heavy (non-hydrogen) atoms. The molecule has 0 radical (unpaired) electrons. The summed E-state index contributed by atoms with van der Waals surface area (Å²) in [6.07, 6.45) is 3.06. The quantitative estimate of drug-likeness (QED) is 0.861. The number of ether oxygens (including phenoxy) is 1. The van der Waals surface area contributed by atoms with E-state index in [9.17, 15) is 0 Å². The van der Waals surface area contributed by atoms with Gasteiger partial charge in [0, 0.05) is 31.4 Å². The van der Waals surface area contributed by atoms with E-state index >= 15 is 0 Å². The van der Waals surface area contributed by atoms with Gasteiger partial charge in [-0.05, 0) is 32.1 Å². The number of likely N-dealkylation sites (N-methyl/N-ethyl adjacent to an activating group) is 1. The van der Waals surface area contributed by atoms with Crippen molar-refractivity contribution >= 4 is 16.7 Å². The molecule has 0 aromatic carbocycles. The highest BCUT2D eigenvalue weighted by Gasteiger charge is 2.26. The molecule has 1 aliphatic rings. The Morgan fingerprint density at radius 2 is 2.24 bits per heavy atom. The van der Waals surface area contributed by atoms with Crippen LogP contribution in [0.2, 0.25) is 0 Å². The van der Waals surface area contributed by atoms with E-state index in [1.807, 2.05) is 18.3 Å². The largest absolute Gasteiger partial charge is 0.481 e. The van der Waals surface area contributed by atoms with Crippen molar-refractivity contribution in [2.75, 3.05) is 38.7 Å². The molecule has 1 atom stereocenters. The maximum absolute atomic E-state index is 5.25. The molecule has 1 aliphatic heterocycles. The van der Waals surface area contributed by atoms with Gasteiger partial charge in [0.05, 0.1) is 18.3 Å². The average Bonchev–Trinajstić information content (AvgIpc) is 3.02. The van der Waals surface area contributed by atoms with E-state index in [1.165, 1.54) is 6.42 Å². The maximum Gasteiger partial charge on any atom is 0.213 e. The topological polar surface area (TPSA) is 41.5 Å². The van der Waals surface area contributed by atoms with Gasteiger partial charge < -0.3 is 14.5 Å². The van der Waals surface area contributed by atoms with E-state index in [1.54, 1.807) is 7.11 Å². The summed E-state index contributed by atoms with van der Waals surface area (Å²) in [5.41, 5.74) is 3.00. The van der Waals surface area contributed by atoms with Crippen molar-refractivity contribution in [3.05, 3.63) is 24.4 Å². The highest BCUT2D eigenvalue weighted by Crippen LogP contribution is 2.29. The first-order valence-corrected chi connectivity index (χ1v) is 7.48. The van der Waals surface area contributed by atoms with Crippen molar-refractivity contribution in [2.24, 2.45) is 0 Å². The first-order valence-electron chi connectivity index (χ1n) is 7.48. The van der Waals surface area contributed by atoms with Gasteiger partial charge in [0.1, 0.15) is 5.52 Å². The van der Waals surface area contributed by atoms with Crippen LogP contribution >= 0.6 is 0 Å². The fourth-order valence-electron chi connectivity index (χ4n) is 2.94. The molecule has 3 heterocycles. The summed E-state index contributed by atoms with van der Waals surface area (Å²) < 4.78 is 5.25. The fourth-order valence-corrected chi connectivity index (χ4v) is 2.94. The normalized spacial score (nSPS) is 18.7. The third-order valence-corrected chi connectivity index (χ3v) is 4.37. The number of fused-ring (bicyclic) bond motifs is 1. The number of anilines is 1. The van der Waals surface area contributed by atoms with Gasteiger partial charge >= 0.3 is 0 Å². The number of aromatic nitrogens is 2. The molecule has 1 unspecified atom stereocenters. The van der Waals surface area contributed by atoms with Crippen LogP contribution in [-0.2, 0) is 0 Å². The molecule has 3 rings (SSSR count). The molecule has 112 valence electrons. The zero-order valence-electron chi connectivity index (χ0n) is 12.9.